The highest BCUT2D eigenvalue weighted by atomic mass is 16.3. The normalized spacial score (nSPS) is 8.75. The number of nitriles is 2. The molecule has 0 radical (unpaired) electrons. The topological polar surface area (TPSA) is 79.8 Å². The molecule has 0 saturated carbocycles. The Hall–Kier alpha value is -2.46. The fraction of sp³-hybridized carbons (Fsp3) is 0.167. The van der Waals surface area contributed by atoms with Crippen LogP contribution in [0.2, 0.25) is 0 Å². The molecule has 4 nitrogen and oxygen atoms in total. The number of hydrogen-bond acceptors (Lipinski definition) is 4. The van der Waals surface area contributed by atoms with Gasteiger partial charge in [0.2, 0.25) is 0 Å². The van der Waals surface area contributed by atoms with Gasteiger partial charge in [0.15, 0.2) is 0 Å². The Morgan fingerprint density at radius 2 is 1.81 bits per heavy atom. The molecule has 0 heterocycles. The van der Waals surface area contributed by atoms with E-state index in [1.165, 1.54) is 6.20 Å². The largest absolute Gasteiger partial charge is 0.506 e. The molecule has 0 spiro atoms. The predicted octanol–water partition coefficient (Wildman–Crippen LogP) is 2.35. The third-order valence-corrected chi connectivity index (χ3v) is 2.22. The van der Waals surface area contributed by atoms with Gasteiger partial charge in [0.05, 0.1) is 5.69 Å². The maximum absolute atomic E-state index is 9.62. The van der Waals surface area contributed by atoms with Gasteiger partial charge in [-0.2, -0.15) is 10.5 Å². The van der Waals surface area contributed by atoms with E-state index in [4.69, 9.17) is 10.5 Å². The van der Waals surface area contributed by atoms with E-state index in [-0.39, 0.29) is 11.3 Å². The van der Waals surface area contributed by atoms with Crippen molar-refractivity contribution in [2.24, 2.45) is 0 Å². The minimum atomic E-state index is -0.0439. The molecule has 0 aliphatic rings. The summed E-state index contributed by atoms with van der Waals surface area (Å²) in [5.41, 5.74) is 2.43. The zero-order valence-electron chi connectivity index (χ0n) is 9.07. The van der Waals surface area contributed by atoms with E-state index in [1.807, 2.05) is 13.8 Å². The summed E-state index contributed by atoms with van der Waals surface area (Å²) in [5, 5.41) is 29.4. The van der Waals surface area contributed by atoms with Crippen molar-refractivity contribution in [3.05, 3.63) is 35.0 Å². The van der Waals surface area contributed by atoms with Crippen LogP contribution in [-0.4, -0.2) is 5.11 Å². The van der Waals surface area contributed by atoms with Crippen LogP contribution in [0.3, 0.4) is 0 Å². The third-order valence-electron chi connectivity index (χ3n) is 2.22. The molecule has 16 heavy (non-hydrogen) atoms. The van der Waals surface area contributed by atoms with Crippen LogP contribution in [0, 0.1) is 36.5 Å². The predicted molar refractivity (Wildman–Crippen MR) is 60.5 cm³/mol. The van der Waals surface area contributed by atoms with Crippen LogP contribution in [0.5, 0.6) is 5.75 Å². The molecule has 80 valence electrons. The molecule has 0 saturated heterocycles. The van der Waals surface area contributed by atoms with E-state index in [0.29, 0.717) is 5.69 Å². The molecule has 0 aliphatic carbocycles. The smallest absolute Gasteiger partial charge is 0.145 e. The van der Waals surface area contributed by atoms with E-state index in [9.17, 15) is 5.11 Å². The lowest BCUT2D eigenvalue weighted by atomic mass is 10.1. The second kappa shape index (κ2) is 4.86. The lowest BCUT2D eigenvalue weighted by Crippen LogP contribution is -1.92. The van der Waals surface area contributed by atoms with Gasteiger partial charge in [-0.25, -0.2) is 0 Å². The monoisotopic (exact) mass is 213 g/mol. The van der Waals surface area contributed by atoms with Crippen LogP contribution < -0.4 is 5.32 Å². The summed E-state index contributed by atoms with van der Waals surface area (Å²) < 4.78 is 0. The van der Waals surface area contributed by atoms with E-state index in [1.54, 1.807) is 24.3 Å². The van der Waals surface area contributed by atoms with Gasteiger partial charge in [-0.1, -0.05) is 0 Å². The summed E-state index contributed by atoms with van der Waals surface area (Å²) in [7, 11) is 0. The number of allylic oxidation sites excluding steroid dienone is 1. The second-order valence-electron chi connectivity index (χ2n) is 3.38. The number of benzene rings is 1. The molecule has 4 heteroatoms. The summed E-state index contributed by atoms with van der Waals surface area (Å²) in [4.78, 5) is 0. The van der Waals surface area contributed by atoms with Gasteiger partial charge in [-0.15, -0.1) is 0 Å². The van der Waals surface area contributed by atoms with Gasteiger partial charge in [-0.3, -0.25) is 0 Å². The van der Waals surface area contributed by atoms with Crippen LogP contribution in [0.4, 0.5) is 5.69 Å². The third kappa shape index (κ3) is 2.52. The fourth-order valence-corrected chi connectivity index (χ4v) is 1.16. The summed E-state index contributed by atoms with van der Waals surface area (Å²) in [6.07, 6.45) is 1.27. The highest BCUT2D eigenvalue weighted by Gasteiger charge is 2.02. The zero-order chi connectivity index (χ0) is 12.1. The molecule has 1 aromatic rings. The Kier molecular flexibility index (Phi) is 3.53. The molecule has 0 aromatic heterocycles. The van der Waals surface area contributed by atoms with Crippen molar-refractivity contribution < 1.29 is 5.11 Å². The van der Waals surface area contributed by atoms with Crippen LogP contribution in [-0.2, 0) is 0 Å². The number of phenols is 1. The first-order chi connectivity index (χ1) is 7.58. The summed E-state index contributed by atoms with van der Waals surface area (Å²) in [5.74, 6) is 0.0922. The van der Waals surface area contributed by atoms with Crippen molar-refractivity contribution in [1.82, 2.24) is 0 Å². The lowest BCUT2D eigenvalue weighted by molar-refractivity contribution is 0.477. The molecule has 1 rings (SSSR count). The van der Waals surface area contributed by atoms with E-state index in [2.05, 4.69) is 5.32 Å². The van der Waals surface area contributed by atoms with Crippen LogP contribution >= 0.6 is 0 Å². The Balaban J connectivity index is 3.01. The van der Waals surface area contributed by atoms with Crippen LogP contribution in [0.15, 0.2) is 23.9 Å². The number of nitrogens with one attached hydrogen (secondary N) is 1. The van der Waals surface area contributed by atoms with Crippen molar-refractivity contribution in [3.8, 4) is 17.9 Å². The van der Waals surface area contributed by atoms with Crippen molar-refractivity contribution >= 4 is 5.69 Å². The number of phenolic OH excluding ortho intramolecular Hbond substituents is 1. The van der Waals surface area contributed by atoms with Gasteiger partial charge in [0.1, 0.15) is 23.5 Å². The van der Waals surface area contributed by atoms with Gasteiger partial charge >= 0.3 is 0 Å². The maximum atomic E-state index is 9.62. The number of aromatic hydroxyl groups is 1. The number of aryl methyl sites for hydroxylation is 2. The lowest BCUT2D eigenvalue weighted by Gasteiger charge is -2.07. The molecule has 0 unspecified atom stereocenters. The van der Waals surface area contributed by atoms with E-state index >= 15 is 0 Å². The molecular weight excluding hydrogens is 202 g/mol. The highest BCUT2D eigenvalue weighted by Crippen LogP contribution is 2.26. The van der Waals surface area contributed by atoms with Crippen molar-refractivity contribution in [3.63, 3.8) is 0 Å². The Bertz CT molecular complexity index is 502. The first kappa shape index (κ1) is 11.6. The minimum Gasteiger partial charge on any atom is -0.506 e. The number of rotatable bonds is 2. The molecule has 0 amide bonds. The first-order valence-electron chi connectivity index (χ1n) is 4.65. The Labute approximate surface area is 94.1 Å². The van der Waals surface area contributed by atoms with Crippen molar-refractivity contribution in [2.45, 2.75) is 13.8 Å². The molecule has 0 atom stereocenters. The second-order valence-corrected chi connectivity index (χ2v) is 3.38. The number of hydrogen-bond donors (Lipinski definition) is 2. The summed E-state index contributed by atoms with van der Waals surface area (Å²) in [6.45, 7) is 3.81. The Morgan fingerprint density at radius 3 is 2.38 bits per heavy atom. The number of anilines is 1. The van der Waals surface area contributed by atoms with Gasteiger partial charge < -0.3 is 10.4 Å². The van der Waals surface area contributed by atoms with Gasteiger partial charge in [-0.05, 0) is 37.1 Å². The van der Waals surface area contributed by atoms with E-state index in [0.717, 1.165) is 11.1 Å². The van der Waals surface area contributed by atoms with E-state index < -0.39 is 0 Å². The van der Waals surface area contributed by atoms with Crippen molar-refractivity contribution in [2.75, 3.05) is 5.32 Å². The fourth-order valence-electron chi connectivity index (χ4n) is 1.16. The molecule has 0 bridgehead atoms. The minimum absolute atomic E-state index is 0.0439. The van der Waals surface area contributed by atoms with Crippen LogP contribution in [0.25, 0.3) is 0 Å². The summed E-state index contributed by atoms with van der Waals surface area (Å²) in [6, 6.07) is 6.83. The number of nitrogens with zero attached hydrogens (tertiary/aromatic N) is 2. The quantitative estimate of drug-likeness (QED) is 0.583. The summed E-state index contributed by atoms with van der Waals surface area (Å²) >= 11 is 0. The van der Waals surface area contributed by atoms with Crippen molar-refractivity contribution in [1.29, 1.82) is 10.5 Å². The zero-order valence-corrected chi connectivity index (χ0v) is 9.07. The van der Waals surface area contributed by atoms with Gasteiger partial charge in [0.25, 0.3) is 0 Å². The average molecular weight is 213 g/mol. The molecule has 0 aliphatic heterocycles. The standard InChI is InChI=1S/C12H11N3O/c1-8-3-11(12(16)4-9(8)2)15-7-10(5-13)6-14/h3-4,7,15-16H,1-2H3. The Morgan fingerprint density at radius 1 is 1.25 bits per heavy atom. The first-order valence-corrected chi connectivity index (χ1v) is 4.65. The average Bonchev–Trinajstić information content (AvgIpc) is 2.26. The molecule has 1 aromatic carbocycles. The van der Waals surface area contributed by atoms with Gasteiger partial charge in [0, 0.05) is 6.20 Å². The molecular formula is C12H11N3O. The van der Waals surface area contributed by atoms with Crippen LogP contribution in [0.1, 0.15) is 11.1 Å². The highest BCUT2D eigenvalue weighted by molar-refractivity contribution is 5.61. The molecule has 2 N–H and O–H groups in total. The maximum Gasteiger partial charge on any atom is 0.145 e. The molecule has 0 fully saturated rings. The SMILES string of the molecule is Cc1cc(O)c(NC=C(C#N)C#N)cc1C.